The zero-order chi connectivity index (χ0) is 23.2. The summed E-state index contributed by atoms with van der Waals surface area (Å²) in [5.74, 6) is -4.42. The van der Waals surface area contributed by atoms with Gasteiger partial charge in [0.05, 0.1) is 5.56 Å². The van der Waals surface area contributed by atoms with Crippen LogP contribution in [0.2, 0.25) is 0 Å². The zero-order valence-electron chi connectivity index (χ0n) is 16.0. The molecule has 0 spiro atoms. The highest BCUT2D eigenvalue weighted by atomic mass is 31.1. The average Bonchev–Trinajstić information content (AvgIpc) is 2.69. The van der Waals surface area contributed by atoms with Crippen LogP contribution in [0.3, 0.4) is 0 Å². The minimum Gasteiger partial charge on any atom is -0.481 e. The van der Waals surface area contributed by atoms with E-state index >= 15 is 0 Å². The van der Waals surface area contributed by atoms with Crippen LogP contribution < -0.4 is 5.32 Å². The summed E-state index contributed by atoms with van der Waals surface area (Å²) in [5, 5.41) is 21.1. The molecule has 166 valence electrons. The fourth-order valence-corrected chi connectivity index (χ4v) is 4.37. The first-order valence-electron chi connectivity index (χ1n) is 9.10. The Morgan fingerprint density at radius 3 is 2.10 bits per heavy atom. The topological polar surface area (TPSA) is 124 Å². The average molecular weight is 458 g/mol. The van der Waals surface area contributed by atoms with Gasteiger partial charge in [0.15, 0.2) is 0 Å². The molecule has 31 heavy (non-hydrogen) atoms. The lowest BCUT2D eigenvalue weighted by atomic mass is 9.90. The first kappa shape index (κ1) is 24.3. The molecule has 0 aromatic heterocycles. The maximum atomic E-state index is 13.5. The summed E-state index contributed by atoms with van der Waals surface area (Å²) in [6.07, 6.45) is -5.78. The van der Waals surface area contributed by atoms with E-state index in [0.717, 1.165) is 12.1 Å². The summed E-state index contributed by atoms with van der Waals surface area (Å²) < 4.78 is 52.6. The zero-order valence-corrected chi connectivity index (χ0v) is 16.9. The molecular formula is C20H20F3NO6P+. The minimum absolute atomic E-state index is 0.281. The molecule has 0 aliphatic rings. The largest absolute Gasteiger partial charge is 0.512 e. The van der Waals surface area contributed by atoms with E-state index in [1.165, 1.54) is 24.3 Å². The summed E-state index contributed by atoms with van der Waals surface area (Å²) in [4.78, 5) is 32.7. The van der Waals surface area contributed by atoms with Gasteiger partial charge in [-0.25, -0.2) is 0 Å². The van der Waals surface area contributed by atoms with Crippen molar-refractivity contribution in [2.45, 2.75) is 30.7 Å². The molecule has 0 amide bonds. The fraction of sp³-hybridized carbons (Fsp3) is 0.300. The molecule has 0 aliphatic heterocycles. The monoisotopic (exact) mass is 458 g/mol. The maximum absolute atomic E-state index is 13.5. The molecule has 7 nitrogen and oxygen atoms in total. The molecule has 2 aromatic carbocycles. The van der Waals surface area contributed by atoms with Crippen LogP contribution in [0.1, 0.15) is 30.0 Å². The van der Waals surface area contributed by atoms with E-state index in [1.807, 2.05) is 0 Å². The fourth-order valence-electron chi connectivity index (χ4n) is 3.28. The Labute approximate surface area is 176 Å². The highest BCUT2D eigenvalue weighted by Crippen LogP contribution is 2.44. The molecule has 0 bridgehead atoms. The summed E-state index contributed by atoms with van der Waals surface area (Å²) in [6, 6.07) is 10.9. The normalized spacial score (nSPS) is 14.9. The number of aliphatic carboxylic acids is 2. The number of para-hydroxylation sites is 1. The SMILES string of the molecule is O=C(O)CCC(C(=O)O)C(C(Nc1ccccc1C(F)(F)F)c1ccccc1)[P+](=O)O. The predicted octanol–water partition coefficient (Wildman–Crippen LogP) is 4.53. The third-order valence-electron chi connectivity index (χ3n) is 4.70. The van der Waals surface area contributed by atoms with Gasteiger partial charge in [-0.1, -0.05) is 42.5 Å². The van der Waals surface area contributed by atoms with Gasteiger partial charge in [-0.2, -0.15) is 18.1 Å². The van der Waals surface area contributed by atoms with Crippen molar-refractivity contribution in [3.63, 3.8) is 0 Å². The number of carboxylic acids is 2. The van der Waals surface area contributed by atoms with Crippen LogP contribution in [-0.2, 0) is 20.3 Å². The van der Waals surface area contributed by atoms with E-state index in [1.54, 1.807) is 18.2 Å². The molecule has 2 aromatic rings. The van der Waals surface area contributed by atoms with Gasteiger partial charge in [-0.15, -0.1) is 0 Å². The molecule has 2 rings (SSSR count). The van der Waals surface area contributed by atoms with Crippen LogP contribution in [0.4, 0.5) is 18.9 Å². The first-order valence-corrected chi connectivity index (χ1v) is 10.4. The Kier molecular flexibility index (Phi) is 8.13. The number of carboxylic acid groups (broad SMARTS) is 2. The lowest BCUT2D eigenvalue weighted by Crippen LogP contribution is -2.35. The second kappa shape index (κ2) is 10.4. The van der Waals surface area contributed by atoms with Crippen molar-refractivity contribution in [2.24, 2.45) is 5.92 Å². The van der Waals surface area contributed by atoms with Gasteiger partial charge in [0.1, 0.15) is 12.0 Å². The standard InChI is InChI=1S/C20H19F3NO6P/c21-20(22,23)14-8-4-5-9-15(14)24-17(12-6-2-1-3-7-12)18(31(29)30)13(19(27)28)10-11-16(25)26/h1-9,13,17-18,24H,10-11H2,(H2-,25,26,27,28,29,30)/p+1. The number of nitrogens with one attached hydrogen (secondary N) is 1. The molecule has 11 heteroatoms. The molecule has 0 saturated carbocycles. The van der Waals surface area contributed by atoms with E-state index < -0.39 is 67.9 Å². The molecule has 4 N–H and O–H groups in total. The number of halogens is 3. The van der Waals surface area contributed by atoms with Gasteiger partial charge in [-0.05, 0) is 28.7 Å². The van der Waals surface area contributed by atoms with Crippen molar-refractivity contribution in [2.75, 3.05) is 5.32 Å². The van der Waals surface area contributed by atoms with Crippen molar-refractivity contribution >= 4 is 25.7 Å². The maximum Gasteiger partial charge on any atom is 0.512 e. The van der Waals surface area contributed by atoms with Crippen molar-refractivity contribution < 1.29 is 42.4 Å². The molecule has 0 aliphatic carbocycles. The van der Waals surface area contributed by atoms with Crippen molar-refractivity contribution in [1.29, 1.82) is 0 Å². The Balaban J connectivity index is 2.58. The molecule has 0 saturated heterocycles. The van der Waals surface area contributed by atoms with Crippen molar-refractivity contribution in [3.05, 3.63) is 65.7 Å². The summed E-state index contributed by atoms with van der Waals surface area (Å²) in [7, 11) is -3.23. The van der Waals surface area contributed by atoms with E-state index in [0.29, 0.717) is 0 Å². The Bertz CT molecular complexity index is 938. The first-order chi connectivity index (χ1) is 14.5. The molecular weight excluding hydrogens is 438 g/mol. The summed E-state index contributed by atoms with van der Waals surface area (Å²) in [6.45, 7) is 0. The molecule has 0 fully saturated rings. The van der Waals surface area contributed by atoms with Gasteiger partial charge < -0.3 is 15.5 Å². The van der Waals surface area contributed by atoms with Gasteiger partial charge in [-0.3, -0.25) is 9.59 Å². The highest BCUT2D eigenvalue weighted by molar-refractivity contribution is 7.39. The van der Waals surface area contributed by atoms with E-state index in [-0.39, 0.29) is 5.56 Å². The number of carbonyl (C=O) groups is 2. The summed E-state index contributed by atoms with van der Waals surface area (Å²) in [5.41, 5.74) is -2.74. The number of hydrogen-bond donors (Lipinski definition) is 4. The van der Waals surface area contributed by atoms with E-state index in [9.17, 15) is 37.3 Å². The van der Waals surface area contributed by atoms with Crippen molar-refractivity contribution in [1.82, 2.24) is 0 Å². The second-order valence-corrected chi connectivity index (χ2v) is 7.95. The van der Waals surface area contributed by atoms with Crippen molar-refractivity contribution in [3.8, 4) is 0 Å². The van der Waals surface area contributed by atoms with Crippen LogP contribution in [0.15, 0.2) is 54.6 Å². The Morgan fingerprint density at radius 2 is 1.58 bits per heavy atom. The second-order valence-electron chi connectivity index (χ2n) is 6.75. The highest BCUT2D eigenvalue weighted by Gasteiger charge is 2.49. The molecule has 4 atom stereocenters. The third-order valence-corrected chi connectivity index (χ3v) is 5.87. The molecule has 0 radical (unpaired) electrons. The van der Waals surface area contributed by atoms with Crippen LogP contribution >= 0.6 is 8.03 Å². The van der Waals surface area contributed by atoms with Gasteiger partial charge >= 0.3 is 26.1 Å². The van der Waals surface area contributed by atoms with Crippen LogP contribution in [0.5, 0.6) is 0 Å². The Morgan fingerprint density at radius 1 is 1.00 bits per heavy atom. The van der Waals surface area contributed by atoms with Crippen LogP contribution in [0, 0.1) is 5.92 Å². The number of hydrogen-bond acceptors (Lipinski definition) is 4. The minimum atomic E-state index is -4.72. The van der Waals surface area contributed by atoms with Crippen LogP contribution in [-0.4, -0.2) is 32.7 Å². The van der Waals surface area contributed by atoms with Gasteiger partial charge in [0, 0.05) is 12.1 Å². The lowest BCUT2D eigenvalue weighted by Gasteiger charge is -2.27. The van der Waals surface area contributed by atoms with E-state index in [2.05, 4.69) is 5.32 Å². The number of rotatable bonds is 10. The quantitative estimate of drug-likeness (QED) is 0.386. The number of alkyl halides is 3. The Hall–Kier alpha value is -2.97. The number of anilines is 1. The van der Waals surface area contributed by atoms with E-state index in [4.69, 9.17) is 5.11 Å². The molecule has 0 heterocycles. The summed E-state index contributed by atoms with van der Waals surface area (Å²) >= 11 is 0. The third kappa shape index (κ3) is 6.50. The molecule has 4 unspecified atom stereocenters. The number of benzene rings is 2. The van der Waals surface area contributed by atoms with Gasteiger partial charge in [0.25, 0.3) is 0 Å². The lowest BCUT2D eigenvalue weighted by molar-refractivity contribution is -0.143. The van der Waals surface area contributed by atoms with Gasteiger partial charge in [0.2, 0.25) is 5.66 Å². The smallest absolute Gasteiger partial charge is 0.481 e. The predicted molar refractivity (Wildman–Crippen MR) is 106 cm³/mol. The van der Waals surface area contributed by atoms with Crippen LogP contribution in [0.25, 0.3) is 0 Å².